The van der Waals surface area contributed by atoms with Crippen LogP contribution in [-0.2, 0) is 60.1 Å². The van der Waals surface area contributed by atoms with Crippen molar-refractivity contribution < 1.29 is 92.8 Å². The maximum Gasteiger partial charge on any atom is 0.498 e. The topological polar surface area (TPSA) is 193 Å². The van der Waals surface area contributed by atoms with Gasteiger partial charge in [0.2, 0.25) is 15.7 Å². The molecule has 1 rings (SSSR count). The number of esters is 2. The van der Waals surface area contributed by atoms with Crippen molar-refractivity contribution >= 4 is 47.6 Å². The van der Waals surface area contributed by atoms with Gasteiger partial charge in [-0.05, 0) is 30.5 Å². The van der Waals surface area contributed by atoms with Crippen LogP contribution in [0.25, 0.3) is 0 Å². The molecule has 0 radical (unpaired) electrons. The number of nitrogens with one attached hydrogen (secondary N) is 1. The highest BCUT2D eigenvalue weighted by Crippen LogP contribution is 2.52. The molecule has 1 amide bonds. The molecule has 1 N–H and O–H groups in total. The lowest BCUT2D eigenvalue weighted by atomic mass is 10.1. The fraction of sp³-hybridized carbons (Fsp3) is 0.625. The molecule has 0 fully saturated rings. The van der Waals surface area contributed by atoms with Crippen LogP contribution >= 0.6 is 0 Å². The van der Waals surface area contributed by atoms with Crippen molar-refractivity contribution in [2.45, 2.75) is 61.5 Å². The van der Waals surface area contributed by atoms with Crippen molar-refractivity contribution in [2.75, 3.05) is 24.8 Å². The van der Waals surface area contributed by atoms with Gasteiger partial charge in [-0.25, -0.2) is 16.8 Å². The molecule has 0 aliphatic rings. The predicted octanol–water partition coefficient (Wildman–Crippen LogP) is 3.09. The van der Waals surface area contributed by atoms with E-state index in [9.17, 15) is 79.2 Å². The number of ether oxygens (including phenoxy) is 2. The zero-order valence-corrected chi connectivity index (χ0v) is 27.5. The van der Waals surface area contributed by atoms with Crippen molar-refractivity contribution in [3.05, 3.63) is 29.8 Å². The maximum absolute atomic E-state index is 14.3. The molecule has 1 unspecified atom stereocenters. The number of benzene rings is 1. The minimum absolute atomic E-state index is 0.0517. The Morgan fingerprint density at radius 2 is 1.31 bits per heavy atom. The first-order chi connectivity index (χ1) is 22.1. The van der Waals surface area contributed by atoms with Crippen LogP contribution in [-0.4, -0.2) is 89.9 Å². The molecule has 0 aliphatic carbocycles. The number of rotatable bonds is 19. The average molecular weight is 790 g/mol. The highest BCUT2D eigenvalue weighted by Gasteiger charge is 2.83. The minimum Gasteiger partial charge on any atom is -0.462 e. The Labute approximate surface area is 273 Å². The molecule has 1 aromatic carbocycles. The van der Waals surface area contributed by atoms with E-state index < -0.39 is 80.4 Å². The number of hydrogen-bond donors (Lipinski definition) is 1. The van der Waals surface area contributed by atoms with E-state index in [0.717, 1.165) is 12.1 Å². The molecular formula is C24H28F9NO12S3. The lowest BCUT2D eigenvalue weighted by molar-refractivity contribution is -0.245. The van der Waals surface area contributed by atoms with Gasteiger partial charge in [-0.3, -0.25) is 14.4 Å². The van der Waals surface area contributed by atoms with E-state index >= 15 is 0 Å². The molecular weight excluding hydrogens is 761 g/mol. The molecule has 0 heterocycles. The Morgan fingerprint density at radius 1 is 0.776 bits per heavy atom. The zero-order chi connectivity index (χ0) is 38.3. The second-order valence-electron chi connectivity index (χ2n) is 9.88. The third kappa shape index (κ3) is 10.8. The molecule has 1 aromatic rings. The molecule has 0 bridgehead atoms. The monoisotopic (exact) mass is 789 g/mol. The van der Waals surface area contributed by atoms with Gasteiger partial charge >= 0.3 is 44.0 Å². The summed E-state index contributed by atoms with van der Waals surface area (Å²) in [6, 6.07) is 2.95. The van der Waals surface area contributed by atoms with Crippen LogP contribution in [0.3, 0.4) is 0 Å². The third-order valence-corrected chi connectivity index (χ3v) is 11.6. The second kappa shape index (κ2) is 16.1. The molecule has 13 nitrogen and oxygen atoms in total. The van der Waals surface area contributed by atoms with Crippen molar-refractivity contribution in [3.8, 4) is 5.75 Å². The second-order valence-corrected chi connectivity index (χ2v) is 15.8. The van der Waals surface area contributed by atoms with Crippen LogP contribution in [0.1, 0.15) is 38.7 Å². The van der Waals surface area contributed by atoms with E-state index in [1.165, 1.54) is 0 Å². The number of sulfone groups is 2. The number of alkyl halides is 9. The normalized spacial score (nSPS) is 14.1. The largest absolute Gasteiger partial charge is 0.498 e. The molecule has 49 heavy (non-hydrogen) atoms. The van der Waals surface area contributed by atoms with Gasteiger partial charge in [0.15, 0.2) is 5.08 Å². The summed E-state index contributed by atoms with van der Waals surface area (Å²) in [5, 5.41) is -16.0. The van der Waals surface area contributed by atoms with Gasteiger partial charge < -0.3 is 19.0 Å². The minimum atomic E-state index is -7.67. The quantitative estimate of drug-likeness (QED) is 0.0934. The molecule has 25 heteroatoms. The number of halogens is 9. The van der Waals surface area contributed by atoms with Crippen LogP contribution in [0.4, 0.5) is 39.5 Å². The fourth-order valence-corrected chi connectivity index (χ4v) is 7.34. The van der Waals surface area contributed by atoms with Crippen molar-refractivity contribution in [1.29, 1.82) is 0 Å². The van der Waals surface area contributed by atoms with E-state index in [1.54, 1.807) is 13.8 Å². The van der Waals surface area contributed by atoms with E-state index in [4.69, 9.17) is 9.47 Å². The number of carbonyl (C=O) groups excluding carboxylic acids is 3. The molecule has 0 aromatic heterocycles. The van der Waals surface area contributed by atoms with Gasteiger partial charge in [0, 0.05) is 13.0 Å². The summed E-state index contributed by atoms with van der Waals surface area (Å²) in [4.78, 5) is 35.1. The van der Waals surface area contributed by atoms with Gasteiger partial charge in [-0.2, -0.15) is 47.9 Å². The molecule has 282 valence electrons. The van der Waals surface area contributed by atoms with Crippen LogP contribution in [0.2, 0.25) is 0 Å². The summed E-state index contributed by atoms with van der Waals surface area (Å²) in [6.07, 6.45) is -0.174. The molecule has 0 spiro atoms. The molecule has 0 aliphatic heterocycles. The van der Waals surface area contributed by atoms with Crippen LogP contribution in [0, 0.1) is 5.92 Å². The summed E-state index contributed by atoms with van der Waals surface area (Å²) in [5.74, 6) is -11.0. The Morgan fingerprint density at radius 3 is 1.82 bits per heavy atom. The van der Waals surface area contributed by atoms with Gasteiger partial charge in [0.25, 0.3) is 9.84 Å². The number of carbonyl (C=O) groups is 3. The average Bonchev–Trinajstić information content (AvgIpc) is 2.96. The highest BCUT2D eigenvalue weighted by molar-refractivity contribution is 8.08. The molecule has 1 atom stereocenters. The van der Waals surface area contributed by atoms with E-state index in [0.29, 0.717) is 18.6 Å². The number of amides is 1. The van der Waals surface area contributed by atoms with E-state index in [-0.39, 0.29) is 50.5 Å². The first-order valence-electron chi connectivity index (χ1n) is 13.3. The summed E-state index contributed by atoms with van der Waals surface area (Å²) < 4.78 is 204. The first kappa shape index (κ1) is 43.7. The zero-order valence-electron chi connectivity index (χ0n) is 25.1. The highest BCUT2D eigenvalue weighted by atomic mass is 32.3. The van der Waals surface area contributed by atoms with Gasteiger partial charge in [-0.1, -0.05) is 26.0 Å². The van der Waals surface area contributed by atoms with E-state index in [2.05, 4.69) is 9.50 Å². The summed E-state index contributed by atoms with van der Waals surface area (Å²) >= 11 is 0. The predicted molar refractivity (Wildman–Crippen MR) is 147 cm³/mol. The first-order valence-corrected chi connectivity index (χ1v) is 18.0. The summed E-state index contributed by atoms with van der Waals surface area (Å²) in [6.45, 7) is 2.87. The van der Waals surface area contributed by atoms with Gasteiger partial charge in [-0.15, -0.1) is 0 Å². The van der Waals surface area contributed by atoms with Crippen molar-refractivity contribution in [2.24, 2.45) is 5.92 Å². The maximum atomic E-state index is 14.3. The van der Waals surface area contributed by atoms with Crippen molar-refractivity contribution in [1.82, 2.24) is 5.32 Å². The standard InChI is InChI=1S/C24H28F9NO12S3/c1-3-15(2)20(37)45-13-12-44-19(36)9-8-18(35)34-11-10-16-4-6-17(7-5-16)46-49(42,43)23(29,30)21(25,26)22(27,28)47(38,39)14-48(40,41)24(31,32)33/h4-7,15H,3,8-14H2,1-2H3,(H,34,35). The van der Waals surface area contributed by atoms with Crippen LogP contribution < -0.4 is 9.50 Å². The smallest absolute Gasteiger partial charge is 0.462 e. The van der Waals surface area contributed by atoms with Gasteiger partial charge in [0.1, 0.15) is 19.0 Å². The van der Waals surface area contributed by atoms with E-state index in [1.807, 2.05) is 0 Å². The Bertz CT molecular complexity index is 1660. The molecule has 0 saturated carbocycles. The Kier molecular flexibility index (Phi) is 14.4. The Hall–Kier alpha value is -3.35. The fourth-order valence-electron chi connectivity index (χ4n) is 3.09. The van der Waals surface area contributed by atoms with Crippen LogP contribution in [0.15, 0.2) is 24.3 Å². The Balaban J connectivity index is 2.77. The SMILES string of the molecule is CCC(C)C(=O)OCCOC(=O)CCC(=O)NCCc1ccc(OS(=O)(=O)C(F)(F)C(F)(F)C(F)(F)S(=O)(=O)CS(=O)(=O)C(F)(F)F)cc1. The summed E-state index contributed by atoms with van der Waals surface area (Å²) in [7, 11) is -22.1. The van der Waals surface area contributed by atoms with Crippen LogP contribution in [0.5, 0.6) is 5.75 Å². The summed E-state index contributed by atoms with van der Waals surface area (Å²) in [5.41, 5.74) is -6.39. The van der Waals surface area contributed by atoms with Crippen molar-refractivity contribution in [3.63, 3.8) is 0 Å². The lowest BCUT2D eigenvalue weighted by Gasteiger charge is -2.31. The number of hydrogen-bond acceptors (Lipinski definition) is 12. The van der Waals surface area contributed by atoms with Gasteiger partial charge in [0.05, 0.1) is 12.3 Å². The molecule has 0 saturated heterocycles. The third-order valence-electron chi connectivity index (χ3n) is 6.13. The lowest BCUT2D eigenvalue weighted by Crippen LogP contribution is -2.62.